The maximum Gasteiger partial charge on any atom is 0.226 e. The Balaban J connectivity index is 1.38. The standard InChI is InChI=1S/C20H19N5O2/c1-13-4-3-9-25-17(12-22-20(13)25)10-18(26)21-11-15-5-7-16(8-6-15)19-23-14(2)27-24-19/h3-9,12H,10-11H2,1-2H3,(H,21,26). The van der Waals surface area contributed by atoms with E-state index in [2.05, 4.69) is 20.4 Å². The normalized spacial score (nSPS) is 11.0. The summed E-state index contributed by atoms with van der Waals surface area (Å²) < 4.78 is 6.95. The maximum atomic E-state index is 12.3. The lowest BCUT2D eigenvalue weighted by Gasteiger charge is -2.06. The maximum absolute atomic E-state index is 12.3. The number of amides is 1. The fraction of sp³-hybridized carbons (Fsp3) is 0.200. The number of hydrogen-bond donors (Lipinski definition) is 1. The fourth-order valence-electron chi connectivity index (χ4n) is 2.95. The molecule has 7 nitrogen and oxygen atoms in total. The average molecular weight is 361 g/mol. The van der Waals surface area contributed by atoms with Crippen LogP contribution >= 0.6 is 0 Å². The number of carbonyl (C=O) groups is 1. The molecule has 0 fully saturated rings. The Kier molecular flexibility index (Phi) is 4.42. The van der Waals surface area contributed by atoms with Crippen LogP contribution in [0.3, 0.4) is 0 Å². The van der Waals surface area contributed by atoms with Gasteiger partial charge in [-0.25, -0.2) is 4.98 Å². The number of nitrogens with one attached hydrogen (secondary N) is 1. The predicted molar refractivity (Wildman–Crippen MR) is 100.0 cm³/mol. The van der Waals surface area contributed by atoms with E-state index in [1.807, 2.05) is 53.9 Å². The molecule has 3 heterocycles. The lowest BCUT2D eigenvalue weighted by atomic mass is 10.1. The van der Waals surface area contributed by atoms with Crippen LogP contribution in [0.2, 0.25) is 0 Å². The van der Waals surface area contributed by atoms with Gasteiger partial charge in [-0.05, 0) is 24.1 Å². The highest BCUT2D eigenvalue weighted by atomic mass is 16.5. The largest absolute Gasteiger partial charge is 0.352 e. The quantitative estimate of drug-likeness (QED) is 0.591. The van der Waals surface area contributed by atoms with Crippen molar-refractivity contribution in [2.75, 3.05) is 0 Å². The van der Waals surface area contributed by atoms with E-state index < -0.39 is 0 Å². The highest BCUT2D eigenvalue weighted by molar-refractivity contribution is 5.78. The summed E-state index contributed by atoms with van der Waals surface area (Å²) >= 11 is 0. The first-order valence-electron chi connectivity index (χ1n) is 8.68. The number of hydrogen-bond acceptors (Lipinski definition) is 5. The molecule has 27 heavy (non-hydrogen) atoms. The Morgan fingerprint density at radius 1 is 1.19 bits per heavy atom. The molecule has 4 aromatic rings. The minimum absolute atomic E-state index is 0.0452. The smallest absolute Gasteiger partial charge is 0.226 e. The monoisotopic (exact) mass is 361 g/mol. The molecule has 0 unspecified atom stereocenters. The van der Waals surface area contributed by atoms with E-state index in [0.717, 1.165) is 28.0 Å². The second kappa shape index (κ2) is 7.03. The van der Waals surface area contributed by atoms with Crippen LogP contribution < -0.4 is 5.32 Å². The fourth-order valence-corrected chi connectivity index (χ4v) is 2.95. The van der Waals surface area contributed by atoms with Crippen LogP contribution in [0.1, 0.15) is 22.7 Å². The molecule has 4 rings (SSSR count). The SMILES string of the molecule is Cc1nc(-c2ccc(CNC(=O)Cc3cnc4c(C)cccn34)cc2)no1. The Bertz CT molecular complexity index is 1100. The Hall–Kier alpha value is -3.48. The predicted octanol–water partition coefficient (Wildman–Crippen LogP) is 2.86. The Morgan fingerprint density at radius 2 is 2.00 bits per heavy atom. The van der Waals surface area contributed by atoms with Crippen LogP contribution in [-0.2, 0) is 17.8 Å². The molecule has 0 aliphatic carbocycles. The molecule has 0 bridgehead atoms. The van der Waals surface area contributed by atoms with Gasteiger partial charge in [0, 0.05) is 31.4 Å². The van der Waals surface area contributed by atoms with Crippen LogP contribution in [0, 0.1) is 13.8 Å². The minimum atomic E-state index is -0.0452. The number of aromatic nitrogens is 4. The number of benzene rings is 1. The zero-order valence-electron chi connectivity index (χ0n) is 15.1. The van der Waals surface area contributed by atoms with Crippen LogP contribution in [0.4, 0.5) is 0 Å². The summed E-state index contributed by atoms with van der Waals surface area (Å²) in [6.45, 7) is 4.22. The summed E-state index contributed by atoms with van der Waals surface area (Å²) in [5.41, 5.74) is 4.71. The van der Waals surface area contributed by atoms with Gasteiger partial charge in [-0.1, -0.05) is 35.5 Å². The van der Waals surface area contributed by atoms with Crippen LogP contribution in [0.5, 0.6) is 0 Å². The third-order valence-electron chi connectivity index (χ3n) is 4.38. The van der Waals surface area contributed by atoms with Crippen molar-refractivity contribution in [3.05, 3.63) is 71.5 Å². The molecule has 0 radical (unpaired) electrons. The van der Waals surface area contributed by atoms with Crippen LogP contribution in [0.25, 0.3) is 17.0 Å². The highest BCUT2D eigenvalue weighted by Crippen LogP contribution is 2.16. The third kappa shape index (κ3) is 3.57. The number of rotatable bonds is 5. The third-order valence-corrected chi connectivity index (χ3v) is 4.38. The van der Waals surface area contributed by atoms with Gasteiger partial charge in [-0.15, -0.1) is 0 Å². The molecule has 0 aliphatic heterocycles. The Labute approximate surface area is 156 Å². The molecular weight excluding hydrogens is 342 g/mol. The van der Waals surface area contributed by atoms with E-state index >= 15 is 0 Å². The van der Waals surface area contributed by atoms with Gasteiger partial charge in [-0.3, -0.25) is 4.79 Å². The molecule has 1 aromatic carbocycles. The first-order valence-corrected chi connectivity index (χ1v) is 8.68. The molecule has 0 saturated carbocycles. The van der Waals surface area contributed by atoms with Crippen LogP contribution in [-0.4, -0.2) is 25.4 Å². The molecule has 0 spiro atoms. The summed E-state index contributed by atoms with van der Waals surface area (Å²) in [4.78, 5) is 20.9. The number of aryl methyl sites for hydroxylation is 2. The van der Waals surface area contributed by atoms with Gasteiger partial charge in [0.2, 0.25) is 17.6 Å². The van der Waals surface area contributed by atoms with E-state index in [0.29, 0.717) is 18.3 Å². The molecule has 0 atom stereocenters. The summed E-state index contributed by atoms with van der Waals surface area (Å²) in [5, 5.41) is 6.85. The molecule has 1 amide bonds. The van der Waals surface area contributed by atoms with Gasteiger partial charge >= 0.3 is 0 Å². The number of imidazole rings is 1. The molecule has 7 heteroatoms. The van der Waals surface area contributed by atoms with Crippen molar-refractivity contribution in [2.24, 2.45) is 0 Å². The van der Waals surface area contributed by atoms with Gasteiger partial charge in [-0.2, -0.15) is 4.98 Å². The molecule has 3 aromatic heterocycles. The minimum Gasteiger partial charge on any atom is -0.352 e. The molecule has 1 N–H and O–H groups in total. The summed E-state index contributed by atoms with van der Waals surface area (Å²) in [7, 11) is 0. The van der Waals surface area contributed by atoms with Crippen molar-refractivity contribution >= 4 is 11.6 Å². The molecule has 0 aliphatic rings. The van der Waals surface area contributed by atoms with E-state index in [-0.39, 0.29) is 12.3 Å². The van der Waals surface area contributed by atoms with E-state index in [1.165, 1.54) is 0 Å². The van der Waals surface area contributed by atoms with E-state index in [9.17, 15) is 4.79 Å². The van der Waals surface area contributed by atoms with Crippen molar-refractivity contribution in [1.82, 2.24) is 24.8 Å². The molecular formula is C20H19N5O2. The zero-order chi connectivity index (χ0) is 18.8. The van der Waals surface area contributed by atoms with Gasteiger partial charge in [0.15, 0.2) is 0 Å². The van der Waals surface area contributed by atoms with Crippen molar-refractivity contribution in [2.45, 2.75) is 26.8 Å². The van der Waals surface area contributed by atoms with Gasteiger partial charge in [0.1, 0.15) is 5.65 Å². The summed E-state index contributed by atoms with van der Waals surface area (Å²) in [5.74, 6) is 1.05. The average Bonchev–Trinajstić information content (AvgIpc) is 3.28. The number of nitrogens with zero attached hydrogens (tertiary/aromatic N) is 4. The van der Waals surface area contributed by atoms with Crippen molar-refractivity contribution in [3.8, 4) is 11.4 Å². The summed E-state index contributed by atoms with van der Waals surface area (Å²) in [6.07, 6.45) is 3.96. The molecule has 136 valence electrons. The highest BCUT2D eigenvalue weighted by Gasteiger charge is 2.10. The van der Waals surface area contributed by atoms with Gasteiger partial charge in [0.25, 0.3) is 0 Å². The second-order valence-corrected chi connectivity index (χ2v) is 6.42. The van der Waals surface area contributed by atoms with Crippen molar-refractivity contribution in [1.29, 1.82) is 0 Å². The van der Waals surface area contributed by atoms with E-state index in [4.69, 9.17) is 4.52 Å². The number of pyridine rings is 1. The second-order valence-electron chi connectivity index (χ2n) is 6.42. The Morgan fingerprint density at radius 3 is 2.74 bits per heavy atom. The number of fused-ring (bicyclic) bond motifs is 1. The van der Waals surface area contributed by atoms with E-state index in [1.54, 1.807) is 13.1 Å². The topological polar surface area (TPSA) is 85.3 Å². The van der Waals surface area contributed by atoms with Gasteiger partial charge < -0.3 is 14.2 Å². The molecule has 0 saturated heterocycles. The number of carbonyl (C=O) groups excluding carboxylic acids is 1. The summed E-state index contributed by atoms with van der Waals surface area (Å²) in [6, 6.07) is 11.7. The van der Waals surface area contributed by atoms with Gasteiger partial charge in [0.05, 0.1) is 12.1 Å². The van der Waals surface area contributed by atoms with Crippen molar-refractivity contribution in [3.63, 3.8) is 0 Å². The zero-order valence-corrected chi connectivity index (χ0v) is 15.1. The lowest BCUT2D eigenvalue weighted by Crippen LogP contribution is -2.25. The first kappa shape index (κ1) is 17.0. The first-order chi connectivity index (χ1) is 13.1. The van der Waals surface area contributed by atoms with Crippen LogP contribution in [0.15, 0.2) is 53.3 Å². The van der Waals surface area contributed by atoms with Crippen molar-refractivity contribution < 1.29 is 9.32 Å². The lowest BCUT2D eigenvalue weighted by molar-refractivity contribution is -0.120.